The summed E-state index contributed by atoms with van der Waals surface area (Å²) in [7, 11) is 0. The number of hydrazine groups is 1. The zero-order chi connectivity index (χ0) is 22.4. The van der Waals surface area contributed by atoms with Gasteiger partial charge >= 0.3 is 0 Å². The molecule has 34 heavy (non-hydrogen) atoms. The Bertz CT molecular complexity index is 1630. The summed E-state index contributed by atoms with van der Waals surface area (Å²) in [5.74, 6) is 8.03. The Labute approximate surface area is 197 Å². The highest BCUT2D eigenvalue weighted by Crippen LogP contribution is 2.56. The van der Waals surface area contributed by atoms with Gasteiger partial charge in [-0.25, -0.2) is 5.84 Å². The third-order valence-electron chi connectivity index (χ3n) is 8.11. The lowest BCUT2D eigenvalue weighted by atomic mass is 9.84. The SMILES string of the molecule is NN1c2ccc3c4c(n(C5C=CC=CC5)c3c2C2C=Cc3oc5ccccc5c3C21)CCC=C4. The van der Waals surface area contributed by atoms with E-state index in [0.717, 1.165) is 41.7 Å². The highest BCUT2D eigenvalue weighted by atomic mass is 16.3. The number of fused-ring (bicyclic) bond motifs is 11. The van der Waals surface area contributed by atoms with Crippen molar-refractivity contribution >= 4 is 39.7 Å². The molecule has 2 aromatic carbocycles. The van der Waals surface area contributed by atoms with E-state index in [1.165, 1.54) is 33.3 Å². The Morgan fingerprint density at radius 2 is 1.85 bits per heavy atom. The van der Waals surface area contributed by atoms with Gasteiger partial charge in [-0.1, -0.05) is 66.8 Å². The van der Waals surface area contributed by atoms with Gasteiger partial charge < -0.3 is 14.0 Å². The molecule has 3 unspecified atom stereocenters. The van der Waals surface area contributed by atoms with Crippen LogP contribution in [0.2, 0.25) is 0 Å². The Kier molecular flexibility index (Phi) is 3.64. The number of allylic oxidation sites excluding steroid dienone is 5. The fourth-order valence-electron chi connectivity index (χ4n) is 6.74. The Hall–Kier alpha value is -3.76. The number of hydrogen-bond donors (Lipinski definition) is 1. The van der Waals surface area contributed by atoms with Gasteiger partial charge in [-0.3, -0.25) is 0 Å². The quantitative estimate of drug-likeness (QED) is 0.324. The molecule has 0 saturated carbocycles. The van der Waals surface area contributed by atoms with E-state index in [-0.39, 0.29) is 12.0 Å². The molecule has 0 radical (unpaired) electrons. The predicted octanol–water partition coefficient (Wildman–Crippen LogP) is 6.95. The van der Waals surface area contributed by atoms with E-state index in [1.54, 1.807) is 0 Å². The standard InChI is InChI=1S/C30H25N3O/c31-33-24-16-14-20-19-10-4-6-12-23(19)32(18-8-2-1-3-9-18)29(20)27(24)22-15-17-26-28(30(22)33)21-11-5-7-13-25(21)34-26/h1-5,7-8,10-11,13-18,22,30H,6,9,12,31H2. The fraction of sp³-hybridized carbons (Fsp3) is 0.200. The molecule has 4 aromatic rings. The number of hydrogen-bond acceptors (Lipinski definition) is 3. The van der Waals surface area contributed by atoms with Crippen molar-refractivity contribution in [3.05, 3.63) is 101 Å². The lowest BCUT2D eigenvalue weighted by molar-refractivity contribution is 0.560. The molecule has 2 aromatic heterocycles. The number of rotatable bonds is 1. The topological polar surface area (TPSA) is 47.3 Å². The van der Waals surface area contributed by atoms with Gasteiger partial charge in [-0.2, -0.15) is 0 Å². The van der Waals surface area contributed by atoms with Crippen LogP contribution in [0.15, 0.2) is 77.3 Å². The molecule has 0 fully saturated rings. The monoisotopic (exact) mass is 443 g/mol. The maximum absolute atomic E-state index is 6.92. The summed E-state index contributed by atoms with van der Waals surface area (Å²) < 4.78 is 8.84. The molecule has 3 atom stereocenters. The van der Waals surface area contributed by atoms with Crippen LogP contribution < -0.4 is 10.9 Å². The van der Waals surface area contributed by atoms with E-state index in [1.807, 2.05) is 17.1 Å². The van der Waals surface area contributed by atoms with E-state index >= 15 is 0 Å². The first-order valence-corrected chi connectivity index (χ1v) is 12.2. The smallest absolute Gasteiger partial charge is 0.135 e. The lowest BCUT2D eigenvalue weighted by Gasteiger charge is -2.27. The Morgan fingerprint density at radius 3 is 2.76 bits per heavy atom. The fourth-order valence-corrected chi connectivity index (χ4v) is 6.74. The zero-order valence-corrected chi connectivity index (χ0v) is 18.8. The Morgan fingerprint density at radius 1 is 0.912 bits per heavy atom. The zero-order valence-electron chi connectivity index (χ0n) is 18.8. The minimum Gasteiger partial charge on any atom is -0.456 e. The third-order valence-corrected chi connectivity index (χ3v) is 8.11. The van der Waals surface area contributed by atoms with E-state index < -0.39 is 0 Å². The molecule has 1 aliphatic heterocycles. The average molecular weight is 444 g/mol. The van der Waals surface area contributed by atoms with Crippen molar-refractivity contribution in [1.82, 2.24) is 4.57 Å². The first-order valence-electron chi connectivity index (χ1n) is 12.2. The van der Waals surface area contributed by atoms with Gasteiger partial charge in [-0.05, 0) is 37.5 Å². The van der Waals surface area contributed by atoms with E-state index in [9.17, 15) is 0 Å². The number of anilines is 1. The van der Waals surface area contributed by atoms with Gasteiger partial charge in [0.25, 0.3) is 0 Å². The van der Waals surface area contributed by atoms with Gasteiger partial charge in [0, 0.05) is 39.1 Å². The molecule has 0 amide bonds. The summed E-state index contributed by atoms with van der Waals surface area (Å²) >= 11 is 0. The molecule has 3 aliphatic carbocycles. The molecule has 166 valence electrons. The Balaban J connectivity index is 1.42. The van der Waals surface area contributed by atoms with Crippen LogP contribution >= 0.6 is 0 Å². The molecule has 2 N–H and O–H groups in total. The van der Waals surface area contributed by atoms with Crippen molar-refractivity contribution in [2.24, 2.45) is 5.84 Å². The van der Waals surface area contributed by atoms with E-state index in [4.69, 9.17) is 10.3 Å². The largest absolute Gasteiger partial charge is 0.456 e. The summed E-state index contributed by atoms with van der Waals surface area (Å²) in [5.41, 5.74) is 8.80. The summed E-state index contributed by atoms with van der Waals surface area (Å²) in [4.78, 5) is 0. The number of para-hydroxylation sites is 1. The first-order chi connectivity index (χ1) is 16.8. The molecule has 8 rings (SSSR count). The van der Waals surface area contributed by atoms with Crippen molar-refractivity contribution in [3.8, 4) is 0 Å². The molecule has 4 nitrogen and oxygen atoms in total. The summed E-state index contributed by atoms with van der Waals surface area (Å²) in [5, 5.41) is 4.50. The second kappa shape index (κ2) is 6.64. The van der Waals surface area contributed by atoms with Gasteiger partial charge in [0.05, 0.1) is 23.3 Å². The van der Waals surface area contributed by atoms with Crippen LogP contribution in [-0.2, 0) is 6.42 Å². The second-order valence-corrected chi connectivity index (χ2v) is 9.80. The van der Waals surface area contributed by atoms with Crippen LogP contribution in [-0.4, -0.2) is 4.57 Å². The number of furan rings is 1. The van der Waals surface area contributed by atoms with Crippen molar-refractivity contribution in [2.75, 3.05) is 5.01 Å². The van der Waals surface area contributed by atoms with Crippen LogP contribution in [0.3, 0.4) is 0 Å². The van der Waals surface area contributed by atoms with E-state index in [2.05, 4.69) is 77.4 Å². The maximum Gasteiger partial charge on any atom is 0.135 e. The summed E-state index contributed by atoms with van der Waals surface area (Å²) in [6.07, 6.45) is 21.3. The maximum atomic E-state index is 6.92. The molecule has 0 spiro atoms. The molecular weight excluding hydrogens is 418 g/mol. The molecule has 0 bridgehead atoms. The van der Waals surface area contributed by atoms with E-state index in [0.29, 0.717) is 6.04 Å². The second-order valence-electron chi connectivity index (χ2n) is 9.80. The van der Waals surface area contributed by atoms with Crippen LogP contribution in [0, 0.1) is 0 Å². The minimum atomic E-state index is 0.0296. The first kappa shape index (κ1) is 18.6. The molecule has 3 heterocycles. The number of benzene rings is 2. The summed E-state index contributed by atoms with van der Waals surface area (Å²) in [6.45, 7) is 0. The molecule has 4 heteroatoms. The minimum absolute atomic E-state index is 0.0296. The van der Waals surface area contributed by atoms with Gasteiger partial charge in [0.1, 0.15) is 11.3 Å². The van der Waals surface area contributed by atoms with Crippen molar-refractivity contribution < 1.29 is 4.42 Å². The van der Waals surface area contributed by atoms with Gasteiger partial charge in [0.15, 0.2) is 0 Å². The number of nitrogens with two attached hydrogens (primary N) is 1. The number of aromatic nitrogens is 1. The van der Waals surface area contributed by atoms with Gasteiger partial charge in [0.2, 0.25) is 0 Å². The molecule has 4 aliphatic rings. The van der Waals surface area contributed by atoms with Crippen molar-refractivity contribution in [1.29, 1.82) is 0 Å². The normalized spacial score (nSPS) is 24.0. The van der Waals surface area contributed by atoms with Crippen LogP contribution in [0.5, 0.6) is 0 Å². The summed E-state index contributed by atoms with van der Waals surface area (Å²) in [6, 6.07) is 13.2. The predicted molar refractivity (Wildman–Crippen MR) is 139 cm³/mol. The average Bonchev–Trinajstić information content (AvgIpc) is 3.52. The highest BCUT2D eigenvalue weighted by molar-refractivity contribution is 5.99. The van der Waals surface area contributed by atoms with Crippen LogP contribution in [0.4, 0.5) is 5.69 Å². The van der Waals surface area contributed by atoms with Gasteiger partial charge in [-0.15, -0.1) is 0 Å². The lowest BCUT2D eigenvalue weighted by Crippen LogP contribution is -2.34. The highest BCUT2D eigenvalue weighted by Gasteiger charge is 2.44. The molecular formula is C30H25N3O. The molecule has 0 saturated heterocycles. The van der Waals surface area contributed by atoms with Crippen molar-refractivity contribution in [3.63, 3.8) is 0 Å². The van der Waals surface area contributed by atoms with Crippen LogP contribution in [0.1, 0.15) is 59.0 Å². The van der Waals surface area contributed by atoms with Crippen LogP contribution in [0.25, 0.3) is 34.0 Å². The number of nitrogens with zero attached hydrogens (tertiary/aromatic N) is 2. The van der Waals surface area contributed by atoms with Crippen molar-refractivity contribution in [2.45, 2.75) is 37.3 Å². The third kappa shape index (κ3) is 2.26.